The molecule has 0 aromatic carbocycles. The molecule has 3 N–H and O–H groups in total. The van der Waals surface area contributed by atoms with Gasteiger partial charge >= 0.3 is 0 Å². The standard InChI is InChI=1S/C12H24N4O/c1-15-6-8-16(9-7-15)14-11(17)10-12(13)4-2-3-5-12/h2-10,13H2,1H3,(H,14,17). The summed E-state index contributed by atoms with van der Waals surface area (Å²) >= 11 is 0. The number of carbonyl (C=O) groups excluding carboxylic acids is 1. The number of nitrogens with zero attached hydrogens (tertiary/aromatic N) is 2. The molecule has 2 aliphatic rings. The van der Waals surface area contributed by atoms with Gasteiger partial charge in [0, 0.05) is 38.1 Å². The molecule has 0 unspecified atom stereocenters. The molecule has 5 nitrogen and oxygen atoms in total. The lowest BCUT2D eigenvalue weighted by Gasteiger charge is -2.33. The average Bonchev–Trinajstić information content (AvgIpc) is 2.68. The van der Waals surface area contributed by atoms with Crippen molar-refractivity contribution < 1.29 is 4.79 Å². The fourth-order valence-electron chi connectivity index (χ4n) is 2.71. The number of piperazine rings is 1. The number of carbonyl (C=O) groups is 1. The number of hydrogen-bond acceptors (Lipinski definition) is 4. The third-order valence-corrected chi connectivity index (χ3v) is 3.90. The number of likely N-dealkylation sites (N-methyl/N-ethyl adjacent to an activating group) is 1. The summed E-state index contributed by atoms with van der Waals surface area (Å²) in [7, 11) is 2.10. The van der Waals surface area contributed by atoms with Crippen LogP contribution in [0, 0.1) is 0 Å². The number of hydrogen-bond donors (Lipinski definition) is 2. The predicted octanol–water partition coefficient (Wildman–Crippen LogP) is -0.0734. The van der Waals surface area contributed by atoms with Crippen molar-refractivity contribution in [3.8, 4) is 0 Å². The largest absolute Gasteiger partial charge is 0.325 e. The van der Waals surface area contributed by atoms with Crippen molar-refractivity contribution in [2.45, 2.75) is 37.6 Å². The summed E-state index contributed by atoms with van der Waals surface area (Å²) in [6.45, 7) is 3.82. The van der Waals surface area contributed by atoms with Gasteiger partial charge in [-0.3, -0.25) is 10.2 Å². The molecule has 5 heteroatoms. The highest BCUT2D eigenvalue weighted by Crippen LogP contribution is 2.29. The normalized spacial score (nSPS) is 26.0. The van der Waals surface area contributed by atoms with Crippen LogP contribution in [0.4, 0.5) is 0 Å². The highest BCUT2D eigenvalue weighted by Gasteiger charge is 2.32. The van der Waals surface area contributed by atoms with Gasteiger partial charge in [0.1, 0.15) is 0 Å². The smallest absolute Gasteiger partial charge is 0.236 e. The van der Waals surface area contributed by atoms with Crippen LogP contribution in [0.2, 0.25) is 0 Å². The van der Waals surface area contributed by atoms with Gasteiger partial charge in [0.15, 0.2) is 0 Å². The highest BCUT2D eigenvalue weighted by molar-refractivity contribution is 5.76. The maximum absolute atomic E-state index is 11.9. The van der Waals surface area contributed by atoms with Gasteiger partial charge < -0.3 is 10.6 Å². The van der Waals surface area contributed by atoms with Crippen molar-refractivity contribution in [2.24, 2.45) is 5.73 Å². The van der Waals surface area contributed by atoms with Crippen LogP contribution in [0.15, 0.2) is 0 Å². The van der Waals surface area contributed by atoms with Crippen LogP contribution in [0.1, 0.15) is 32.1 Å². The summed E-state index contributed by atoms with van der Waals surface area (Å²) in [5.41, 5.74) is 8.94. The van der Waals surface area contributed by atoms with Crippen molar-refractivity contribution >= 4 is 5.91 Å². The molecule has 1 heterocycles. The molecule has 2 rings (SSSR count). The second-order valence-electron chi connectivity index (χ2n) is 5.57. The van der Waals surface area contributed by atoms with E-state index in [9.17, 15) is 4.79 Å². The molecule has 0 radical (unpaired) electrons. The number of rotatable bonds is 3. The van der Waals surface area contributed by atoms with Crippen LogP contribution in [-0.2, 0) is 4.79 Å². The first kappa shape index (κ1) is 12.8. The number of nitrogens with one attached hydrogen (secondary N) is 1. The zero-order valence-electron chi connectivity index (χ0n) is 10.7. The van der Waals surface area contributed by atoms with Gasteiger partial charge in [-0.2, -0.15) is 0 Å². The highest BCUT2D eigenvalue weighted by atomic mass is 16.2. The summed E-state index contributed by atoms with van der Waals surface area (Å²) in [5.74, 6) is 0.0824. The van der Waals surface area contributed by atoms with Gasteiger partial charge in [-0.15, -0.1) is 0 Å². The Labute approximate surface area is 103 Å². The fourth-order valence-corrected chi connectivity index (χ4v) is 2.71. The molecule has 1 amide bonds. The maximum Gasteiger partial charge on any atom is 0.236 e. The Kier molecular flexibility index (Phi) is 4.01. The van der Waals surface area contributed by atoms with Gasteiger partial charge in [0.05, 0.1) is 0 Å². The van der Waals surface area contributed by atoms with Crippen molar-refractivity contribution in [3.05, 3.63) is 0 Å². The second kappa shape index (κ2) is 5.33. The van der Waals surface area contributed by atoms with Gasteiger partial charge in [0.25, 0.3) is 0 Å². The SMILES string of the molecule is CN1CCN(NC(=O)CC2(N)CCCC2)CC1. The van der Waals surface area contributed by atoms with Crippen molar-refractivity contribution in [1.82, 2.24) is 15.3 Å². The Bertz CT molecular complexity index is 268. The molecule has 1 saturated heterocycles. The number of amides is 1. The lowest BCUT2D eigenvalue weighted by Crippen LogP contribution is -2.54. The Morgan fingerprint density at radius 3 is 2.41 bits per heavy atom. The van der Waals surface area contributed by atoms with Gasteiger partial charge in [-0.1, -0.05) is 12.8 Å². The first-order valence-electron chi connectivity index (χ1n) is 6.59. The van der Waals surface area contributed by atoms with E-state index in [0.29, 0.717) is 6.42 Å². The minimum atomic E-state index is -0.239. The Balaban J connectivity index is 1.73. The molecule has 1 saturated carbocycles. The zero-order valence-corrected chi connectivity index (χ0v) is 10.7. The average molecular weight is 240 g/mol. The molecule has 0 atom stereocenters. The monoisotopic (exact) mass is 240 g/mol. The van der Waals surface area contributed by atoms with Crippen LogP contribution in [0.3, 0.4) is 0 Å². The van der Waals surface area contributed by atoms with E-state index in [1.165, 1.54) is 0 Å². The molecular formula is C12H24N4O. The Morgan fingerprint density at radius 2 is 1.82 bits per heavy atom. The molecule has 1 aliphatic carbocycles. The van der Waals surface area contributed by atoms with E-state index < -0.39 is 0 Å². The lowest BCUT2D eigenvalue weighted by molar-refractivity contribution is -0.127. The van der Waals surface area contributed by atoms with Crippen molar-refractivity contribution in [3.63, 3.8) is 0 Å². The minimum Gasteiger partial charge on any atom is -0.325 e. The van der Waals surface area contributed by atoms with Crippen LogP contribution in [0.25, 0.3) is 0 Å². The third-order valence-electron chi connectivity index (χ3n) is 3.90. The van der Waals surface area contributed by atoms with E-state index in [1.54, 1.807) is 0 Å². The molecule has 0 bridgehead atoms. The molecule has 2 fully saturated rings. The third kappa shape index (κ3) is 3.66. The van der Waals surface area contributed by atoms with Crippen molar-refractivity contribution in [2.75, 3.05) is 33.2 Å². The lowest BCUT2D eigenvalue weighted by atomic mass is 9.94. The van der Waals surface area contributed by atoms with Crippen molar-refractivity contribution in [1.29, 1.82) is 0 Å². The van der Waals surface area contributed by atoms with Crippen LogP contribution >= 0.6 is 0 Å². The molecule has 0 aromatic heterocycles. The topological polar surface area (TPSA) is 61.6 Å². The van der Waals surface area contributed by atoms with E-state index in [0.717, 1.165) is 51.9 Å². The number of hydrazine groups is 1. The summed E-state index contributed by atoms with van der Waals surface area (Å²) in [4.78, 5) is 14.2. The van der Waals surface area contributed by atoms with E-state index >= 15 is 0 Å². The summed E-state index contributed by atoms with van der Waals surface area (Å²) in [5, 5.41) is 2.01. The first-order chi connectivity index (χ1) is 8.07. The molecule has 0 spiro atoms. The van der Waals surface area contributed by atoms with E-state index in [-0.39, 0.29) is 11.4 Å². The predicted molar refractivity (Wildman–Crippen MR) is 67.2 cm³/mol. The van der Waals surface area contributed by atoms with E-state index in [4.69, 9.17) is 5.73 Å². The summed E-state index contributed by atoms with van der Waals surface area (Å²) in [6.07, 6.45) is 4.78. The van der Waals surface area contributed by atoms with E-state index in [2.05, 4.69) is 17.4 Å². The first-order valence-corrected chi connectivity index (χ1v) is 6.59. The van der Waals surface area contributed by atoms with Gasteiger partial charge in [-0.05, 0) is 19.9 Å². The van der Waals surface area contributed by atoms with Gasteiger partial charge in [-0.25, -0.2) is 5.01 Å². The zero-order chi connectivity index (χ0) is 12.3. The summed E-state index contributed by atoms with van der Waals surface area (Å²) in [6, 6.07) is 0. The fraction of sp³-hybridized carbons (Fsp3) is 0.917. The summed E-state index contributed by atoms with van der Waals surface area (Å²) < 4.78 is 0. The molecule has 1 aliphatic heterocycles. The molecule has 17 heavy (non-hydrogen) atoms. The second-order valence-corrected chi connectivity index (χ2v) is 5.57. The van der Waals surface area contributed by atoms with Crippen LogP contribution in [-0.4, -0.2) is 54.6 Å². The van der Waals surface area contributed by atoms with Crippen LogP contribution in [0.5, 0.6) is 0 Å². The van der Waals surface area contributed by atoms with Gasteiger partial charge in [0.2, 0.25) is 5.91 Å². The number of nitrogens with two attached hydrogens (primary N) is 1. The van der Waals surface area contributed by atoms with Crippen LogP contribution < -0.4 is 11.2 Å². The molecular weight excluding hydrogens is 216 g/mol. The molecule has 0 aromatic rings. The quantitative estimate of drug-likeness (QED) is 0.725. The minimum absolute atomic E-state index is 0.0824. The molecule has 98 valence electrons. The maximum atomic E-state index is 11.9. The Morgan fingerprint density at radius 1 is 1.24 bits per heavy atom. The van der Waals surface area contributed by atoms with E-state index in [1.807, 2.05) is 5.01 Å². The Hall–Kier alpha value is -0.650.